The van der Waals surface area contributed by atoms with E-state index in [4.69, 9.17) is 0 Å². The number of aromatic hydroxyl groups is 1. The van der Waals surface area contributed by atoms with E-state index in [1.807, 2.05) is 4.90 Å². The first-order valence-corrected chi connectivity index (χ1v) is 7.24. The molecule has 2 saturated carbocycles. The van der Waals surface area contributed by atoms with Crippen LogP contribution in [-0.2, 0) is 0 Å². The first kappa shape index (κ1) is 12.0. The Morgan fingerprint density at radius 2 is 2.06 bits per heavy atom. The molecule has 2 aliphatic rings. The highest BCUT2D eigenvalue weighted by Crippen LogP contribution is 2.36. The molecule has 96 valence electrons. The molecule has 1 amide bonds. The number of phenols is 1. The Labute approximate surface area is 115 Å². The maximum Gasteiger partial charge on any atom is 0.254 e. The van der Waals surface area contributed by atoms with Crippen LogP contribution in [0.4, 0.5) is 0 Å². The van der Waals surface area contributed by atoms with Crippen LogP contribution < -0.4 is 0 Å². The molecular formula is C14H16BrNO2. The van der Waals surface area contributed by atoms with Crippen LogP contribution in [0.2, 0.25) is 0 Å². The van der Waals surface area contributed by atoms with Crippen molar-refractivity contribution in [1.29, 1.82) is 0 Å². The summed E-state index contributed by atoms with van der Waals surface area (Å²) in [6.45, 7) is 0.889. The molecule has 1 aromatic rings. The molecule has 0 saturated heterocycles. The summed E-state index contributed by atoms with van der Waals surface area (Å²) in [4.78, 5) is 14.5. The number of nitrogens with zero attached hydrogens (tertiary/aromatic N) is 1. The van der Waals surface area contributed by atoms with Gasteiger partial charge in [0.2, 0.25) is 0 Å². The molecule has 0 spiro atoms. The Morgan fingerprint density at radius 3 is 2.61 bits per heavy atom. The van der Waals surface area contributed by atoms with Gasteiger partial charge >= 0.3 is 0 Å². The molecule has 0 aromatic heterocycles. The summed E-state index contributed by atoms with van der Waals surface area (Å²) >= 11 is 3.23. The molecule has 0 heterocycles. The lowest BCUT2D eigenvalue weighted by Gasteiger charge is -2.22. The number of benzene rings is 1. The predicted molar refractivity (Wildman–Crippen MR) is 72.6 cm³/mol. The minimum atomic E-state index is 0.0622. The molecular weight excluding hydrogens is 294 g/mol. The van der Waals surface area contributed by atoms with Crippen LogP contribution in [-0.4, -0.2) is 28.5 Å². The standard InChI is InChI=1S/C14H16BrNO2/c15-12-6-3-10(7-13(12)17)14(18)16(11-4-5-11)8-9-1-2-9/h3,6-7,9,11,17H,1-2,4-5,8H2. The number of rotatable bonds is 4. The van der Waals surface area contributed by atoms with Crippen LogP contribution in [0.15, 0.2) is 22.7 Å². The van der Waals surface area contributed by atoms with Gasteiger partial charge in [0, 0.05) is 18.2 Å². The fraction of sp³-hybridized carbons (Fsp3) is 0.500. The van der Waals surface area contributed by atoms with Crippen molar-refractivity contribution in [3.63, 3.8) is 0 Å². The van der Waals surface area contributed by atoms with Gasteiger partial charge in [0.05, 0.1) is 4.47 Å². The van der Waals surface area contributed by atoms with Gasteiger partial charge in [-0.1, -0.05) is 0 Å². The number of carbonyl (C=O) groups is 1. The van der Waals surface area contributed by atoms with Crippen LogP contribution >= 0.6 is 15.9 Å². The highest BCUT2D eigenvalue weighted by atomic mass is 79.9. The summed E-state index contributed by atoms with van der Waals surface area (Å²) in [5.41, 5.74) is 0.586. The largest absolute Gasteiger partial charge is 0.507 e. The number of hydrogen-bond donors (Lipinski definition) is 1. The molecule has 1 aromatic carbocycles. The van der Waals surface area contributed by atoms with E-state index < -0.39 is 0 Å². The molecule has 0 bridgehead atoms. The normalized spacial score (nSPS) is 18.7. The van der Waals surface area contributed by atoms with Crippen molar-refractivity contribution in [2.75, 3.05) is 6.54 Å². The summed E-state index contributed by atoms with van der Waals surface area (Å²) in [6, 6.07) is 5.48. The quantitative estimate of drug-likeness (QED) is 0.928. The smallest absolute Gasteiger partial charge is 0.254 e. The van der Waals surface area contributed by atoms with Gasteiger partial charge in [0.15, 0.2) is 0 Å². The zero-order chi connectivity index (χ0) is 12.7. The van der Waals surface area contributed by atoms with Crippen LogP contribution in [0.1, 0.15) is 36.0 Å². The second-order valence-electron chi connectivity index (χ2n) is 5.30. The van der Waals surface area contributed by atoms with Gasteiger partial charge in [-0.15, -0.1) is 0 Å². The van der Waals surface area contributed by atoms with Crippen molar-refractivity contribution >= 4 is 21.8 Å². The third-order valence-electron chi connectivity index (χ3n) is 3.59. The van der Waals surface area contributed by atoms with E-state index in [0.717, 1.165) is 19.4 Å². The fourth-order valence-corrected chi connectivity index (χ4v) is 2.42. The van der Waals surface area contributed by atoms with Gasteiger partial charge in [-0.05, 0) is 65.7 Å². The predicted octanol–water partition coefficient (Wildman–Crippen LogP) is 3.17. The van der Waals surface area contributed by atoms with E-state index in [2.05, 4.69) is 15.9 Å². The number of phenolic OH excluding ortho intramolecular Hbond substituents is 1. The molecule has 3 nitrogen and oxygen atoms in total. The van der Waals surface area contributed by atoms with Gasteiger partial charge in [0.25, 0.3) is 5.91 Å². The van der Waals surface area contributed by atoms with Gasteiger partial charge in [-0.25, -0.2) is 0 Å². The lowest BCUT2D eigenvalue weighted by molar-refractivity contribution is 0.0734. The van der Waals surface area contributed by atoms with E-state index in [0.29, 0.717) is 22.0 Å². The Kier molecular flexibility index (Phi) is 3.06. The van der Waals surface area contributed by atoms with Crippen molar-refractivity contribution in [3.05, 3.63) is 28.2 Å². The van der Waals surface area contributed by atoms with Gasteiger partial charge in [-0.2, -0.15) is 0 Å². The van der Waals surface area contributed by atoms with E-state index in [1.165, 1.54) is 12.8 Å². The highest BCUT2D eigenvalue weighted by molar-refractivity contribution is 9.10. The Bertz CT molecular complexity index is 481. The second-order valence-corrected chi connectivity index (χ2v) is 6.15. The number of hydrogen-bond acceptors (Lipinski definition) is 2. The van der Waals surface area contributed by atoms with Crippen molar-refractivity contribution in [2.24, 2.45) is 5.92 Å². The number of halogens is 1. The summed E-state index contributed by atoms with van der Waals surface area (Å²) in [5.74, 6) is 0.897. The summed E-state index contributed by atoms with van der Waals surface area (Å²) < 4.78 is 0.624. The Morgan fingerprint density at radius 1 is 1.33 bits per heavy atom. The fourth-order valence-electron chi connectivity index (χ4n) is 2.17. The third-order valence-corrected chi connectivity index (χ3v) is 4.26. The van der Waals surface area contributed by atoms with E-state index in [1.54, 1.807) is 18.2 Å². The summed E-state index contributed by atoms with van der Waals surface area (Å²) in [7, 11) is 0. The van der Waals surface area contributed by atoms with Crippen molar-refractivity contribution in [1.82, 2.24) is 4.90 Å². The minimum Gasteiger partial charge on any atom is -0.507 e. The maximum atomic E-state index is 12.5. The molecule has 0 aliphatic heterocycles. The first-order valence-electron chi connectivity index (χ1n) is 6.44. The monoisotopic (exact) mass is 309 g/mol. The van der Waals surface area contributed by atoms with Crippen LogP contribution in [0.5, 0.6) is 5.75 Å². The molecule has 2 fully saturated rings. The number of amides is 1. The molecule has 3 rings (SSSR count). The topological polar surface area (TPSA) is 40.5 Å². The zero-order valence-electron chi connectivity index (χ0n) is 10.1. The van der Waals surface area contributed by atoms with Crippen molar-refractivity contribution < 1.29 is 9.90 Å². The number of carbonyl (C=O) groups excluding carboxylic acids is 1. The summed E-state index contributed by atoms with van der Waals surface area (Å²) in [5, 5.41) is 9.66. The molecule has 0 unspecified atom stereocenters. The molecule has 2 aliphatic carbocycles. The molecule has 18 heavy (non-hydrogen) atoms. The molecule has 1 N–H and O–H groups in total. The van der Waals surface area contributed by atoms with E-state index >= 15 is 0 Å². The van der Waals surface area contributed by atoms with Crippen LogP contribution in [0.25, 0.3) is 0 Å². The van der Waals surface area contributed by atoms with Crippen LogP contribution in [0, 0.1) is 5.92 Å². The highest BCUT2D eigenvalue weighted by Gasteiger charge is 2.36. The molecule has 0 atom stereocenters. The average Bonchev–Trinajstić information content (AvgIpc) is 3.22. The minimum absolute atomic E-state index is 0.0622. The average molecular weight is 310 g/mol. The Hall–Kier alpha value is -1.03. The van der Waals surface area contributed by atoms with Crippen molar-refractivity contribution in [3.8, 4) is 5.75 Å². The van der Waals surface area contributed by atoms with Gasteiger partial charge < -0.3 is 10.0 Å². The maximum absolute atomic E-state index is 12.5. The van der Waals surface area contributed by atoms with Gasteiger partial charge in [-0.3, -0.25) is 4.79 Å². The van der Waals surface area contributed by atoms with E-state index in [-0.39, 0.29) is 11.7 Å². The second kappa shape index (κ2) is 4.57. The summed E-state index contributed by atoms with van der Waals surface area (Å²) in [6.07, 6.45) is 4.76. The molecule has 0 radical (unpaired) electrons. The lowest BCUT2D eigenvalue weighted by Crippen LogP contribution is -2.34. The Balaban J connectivity index is 1.79. The first-order chi connectivity index (χ1) is 8.65. The lowest BCUT2D eigenvalue weighted by atomic mass is 10.1. The SMILES string of the molecule is O=C(c1ccc(Br)c(O)c1)N(CC1CC1)C1CC1. The van der Waals surface area contributed by atoms with Gasteiger partial charge in [0.1, 0.15) is 5.75 Å². The molecule has 4 heteroatoms. The third kappa shape index (κ3) is 2.53. The van der Waals surface area contributed by atoms with Crippen LogP contribution in [0.3, 0.4) is 0 Å². The van der Waals surface area contributed by atoms with E-state index in [9.17, 15) is 9.90 Å². The zero-order valence-corrected chi connectivity index (χ0v) is 11.7. The van der Waals surface area contributed by atoms with Crippen molar-refractivity contribution in [2.45, 2.75) is 31.7 Å².